The standard InChI is InChI=1S/C18H11ClN4OS2/c19-13-3-5-14(6-4-13)22-11-12(9-21-22)8-16-17(24)23(18(25)26-16)15-2-1-7-20-10-15/h1-11H. The molecule has 0 atom stereocenters. The number of anilines is 1. The summed E-state index contributed by atoms with van der Waals surface area (Å²) >= 11 is 12.5. The molecule has 1 aromatic carbocycles. The lowest BCUT2D eigenvalue weighted by Gasteiger charge is -2.13. The summed E-state index contributed by atoms with van der Waals surface area (Å²) in [5, 5.41) is 5.00. The van der Waals surface area contributed by atoms with Gasteiger partial charge in [-0.15, -0.1) is 0 Å². The Balaban J connectivity index is 1.60. The van der Waals surface area contributed by atoms with Crippen molar-refractivity contribution >= 4 is 57.6 Å². The highest BCUT2D eigenvalue weighted by Crippen LogP contribution is 2.35. The molecule has 4 rings (SSSR count). The zero-order chi connectivity index (χ0) is 18.1. The van der Waals surface area contributed by atoms with Crippen LogP contribution in [0, 0.1) is 0 Å². The van der Waals surface area contributed by atoms with Crippen LogP contribution >= 0.6 is 35.6 Å². The average molecular weight is 399 g/mol. The number of amides is 1. The molecule has 0 radical (unpaired) electrons. The molecule has 1 aliphatic heterocycles. The molecule has 3 aromatic rings. The van der Waals surface area contributed by atoms with Crippen LogP contribution in [0.4, 0.5) is 5.69 Å². The Labute approximate surface area is 164 Å². The predicted octanol–water partition coefficient (Wildman–Crippen LogP) is 4.33. The van der Waals surface area contributed by atoms with Gasteiger partial charge >= 0.3 is 0 Å². The van der Waals surface area contributed by atoms with Gasteiger partial charge in [-0.3, -0.25) is 14.7 Å². The van der Waals surface area contributed by atoms with E-state index in [1.165, 1.54) is 16.7 Å². The molecular formula is C18H11ClN4OS2. The molecule has 0 saturated carbocycles. The Morgan fingerprint density at radius 1 is 1.12 bits per heavy atom. The molecule has 0 bridgehead atoms. The number of halogens is 1. The van der Waals surface area contributed by atoms with Gasteiger partial charge in [0.2, 0.25) is 0 Å². The summed E-state index contributed by atoms with van der Waals surface area (Å²) in [6.45, 7) is 0. The summed E-state index contributed by atoms with van der Waals surface area (Å²) in [6.07, 6.45) is 8.61. The Morgan fingerprint density at radius 2 is 1.92 bits per heavy atom. The first-order valence-electron chi connectivity index (χ1n) is 7.60. The smallest absolute Gasteiger partial charge is 0.268 e. The van der Waals surface area contributed by atoms with Crippen LogP contribution in [0.15, 0.2) is 66.1 Å². The van der Waals surface area contributed by atoms with Gasteiger partial charge in [0.15, 0.2) is 4.32 Å². The Kier molecular flexibility index (Phi) is 4.58. The molecule has 8 heteroatoms. The second kappa shape index (κ2) is 7.03. The van der Waals surface area contributed by atoms with E-state index in [2.05, 4.69) is 10.1 Å². The number of aromatic nitrogens is 3. The molecule has 3 heterocycles. The van der Waals surface area contributed by atoms with E-state index in [0.717, 1.165) is 11.3 Å². The minimum atomic E-state index is -0.160. The van der Waals surface area contributed by atoms with Crippen LogP contribution in [-0.2, 0) is 4.79 Å². The van der Waals surface area contributed by atoms with E-state index in [-0.39, 0.29) is 5.91 Å². The molecule has 0 aliphatic carbocycles. The predicted molar refractivity (Wildman–Crippen MR) is 108 cm³/mol. The van der Waals surface area contributed by atoms with Gasteiger partial charge < -0.3 is 0 Å². The number of carbonyl (C=O) groups is 1. The van der Waals surface area contributed by atoms with Crippen molar-refractivity contribution in [1.29, 1.82) is 0 Å². The fourth-order valence-corrected chi connectivity index (χ4v) is 3.90. The highest BCUT2D eigenvalue weighted by atomic mass is 35.5. The maximum absolute atomic E-state index is 12.7. The first-order chi connectivity index (χ1) is 12.6. The normalized spacial score (nSPS) is 15.9. The summed E-state index contributed by atoms with van der Waals surface area (Å²) in [4.78, 5) is 18.8. The maximum Gasteiger partial charge on any atom is 0.270 e. The zero-order valence-corrected chi connectivity index (χ0v) is 15.6. The van der Waals surface area contributed by atoms with E-state index in [0.29, 0.717) is 19.9 Å². The summed E-state index contributed by atoms with van der Waals surface area (Å²) in [5.74, 6) is -0.160. The van der Waals surface area contributed by atoms with Gasteiger partial charge in [0.25, 0.3) is 5.91 Å². The number of hydrogen-bond donors (Lipinski definition) is 0. The number of rotatable bonds is 3. The Morgan fingerprint density at radius 3 is 2.65 bits per heavy atom. The van der Waals surface area contributed by atoms with Crippen molar-refractivity contribution in [2.24, 2.45) is 0 Å². The number of thioether (sulfide) groups is 1. The lowest BCUT2D eigenvalue weighted by atomic mass is 10.3. The largest absolute Gasteiger partial charge is 0.270 e. The monoisotopic (exact) mass is 398 g/mol. The molecule has 1 fully saturated rings. The van der Waals surface area contributed by atoms with Crippen molar-refractivity contribution in [2.45, 2.75) is 0 Å². The molecule has 0 unspecified atom stereocenters. The SMILES string of the molecule is O=C1C(=Cc2cnn(-c3ccc(Cl)cc3)c2)SC(=S)N1c1cccnc1. The van der Waals surface area contributed by atoms with Crippen molar-refractivity contribution in [3.05, 3.63) is 76.7 Å². The van der Waals surface area contributed by atoms with Gasteiger partial charge in [-0.2, -0.15) is 5.10 Å². The van der Waals surface area contributed by atoms with E-state index in [1.807, 2.05) is 18.3 Å². The number of carbonyl (C=O) groups excluding carboxylic acids is 1. The number of pyridine rings is 1. The average Bonchev–Trinajstić information content (AvgIpc) is 3.21. The van der Waals surface area contributed by atoms with E-state index in [4.69, 9.17) is 23.8 Å². The molecule has 5 nitrogen and oxygen atoms in total. The highest BCUT2D eigenvalue weighted by molar-refractivity contribution is 8.27. The minimum Gasteiger partial charge on any atom is -0.268 e. The van der Waals surface area contributed by atoms with Crippen LogP contribution in [0.25, 0.3) is 11.8 Å². The van der Waals surface area contributed by atoms with E-state index >= 15 is 0 Å². The molecular weight excluding hydrogens is 388 g/mol. The first kappa shape index (κ1) is 17.0. The van der Waals surface area contributed by atoms with Crippen molar-refractivity contribution < 1.29 is 4.79 Å². The Hall–Kier alpha value is -2.48. The van der Waals surface area contributed by atoms with Crippen LogP contribution < -0.4 is 4.90 Å². The highest BCUT2D eigenvalue weighted by Gasteiger charge is 2.33. The van der Waals surface area contributed by atoms with Gasteiger partial charge in [0, 0.05) is 23.0 Å². The van der Waals surface area contributed by atoms with E-state index < -0.39 is 0 Å². The topological polar surface area (TPSA) is 51.0 Å². The molecule has 2 aromatic heterocycles. The molecule has 0 N–H and O–H groups in total. The zero-order valence-electron chi connectivity index (χ0n) is 13.2. The Bertz CT molecular complexity index is 1020. The van der Waals surface area contributed by atoms with Crippen molar-refractivity contribution in [1.82, 2.24) is 14.8 Å². The van der Waals surface area contributed by atoms with Crippen LogP contribution in [0.2, 0.25) is 5.02 Å². The fourth-order valence-electron chi connectivity index (χ4n) is 2.47. The second-order valence-corrected chi connectivity index (χ2v) is 7.54. The molecule has 26 heavy (non-hydrogen) atoms. The van der Waals surface area contributed by atoms with Gasteiger partial charge in [0.05, 0.1) is 28.7 Å². The molecule has 1 amide bonds. The summed E-state index contributed by atoms with van der Waals surface area (Å²) in [6, 6.07) is 10.9. The first-order valence-corrected chi connectivity index (χ1v) is 9.21. The van der Waals surface area contributed by atoms with Crippen molar-refractivity contribution in [3.8, 4) is 5.69 Å². The molecule has 1 saturated heterocycles. The molecule has 1 aliphatic rings. The van der Waals surface area contributed by atoms with Crippen molar-refractivity contribution in [2.75, 3.05) is 4.90 Å². The van der Waals surface area contributed by atoms with E-state index in [9.17, 15) is 4.79 Å². The van der Waals surface area contributed by atoms with Crippen molar-refractivity contribution in [3.63, 3.8) is 0 Å². The minimum absolute atomic E-state index is 0.160. The third-order valence-corrected chi connectivity index (χ3v) is 5.24. The second-order valence-electron chi connectivity index (χ2n) is 5.42. The van der Waals surface area contributed by atoms with Crippen LogP contribution in [0.1, 0.15) is 5.56 Å². The number of hydrogen-bond acceptors (Lipinski definition) is 5. The molecule has 0 spiro atoms. The van der Waals surface area contributed by atoms with Gasteiger partial charge in [-0.1, -0.05) is 35.6 Å². The van der Waals surface area contributed by atoms with Crippen LogP contribution in [0.3, 0.4) is 0 Å². The number of benzene rings is 1. The fraction of sp³-hybridized carbons (Fsp3) is 0. The quantitative estimate of drug-likeness (QED) is 0.485. The maximum atomic E-state index is 12.7. The number of nitrogens with zero attached hydrogens (tertiary/aromatic N) is 4. The van der Waals surface area contributed by atoms with E-state index in [1.54, 1.807) is 53.6 Å². The summed E-state index contributed by atoms with van der Waals surface area (Å²) in [5.41, 5.74) is 2.36. The van der Waals surface area contributed by atoms with Crippen LogP contribution in [-0.4, -0.2) is 25.0 Å². The summed E-state index contributed by atoms with van der Waals surface area (Å²) in [7, 11) is 0. The van der Waals surface area contributed by atoms with Gasteiger partial charge in [-0.05, 0) is 42.5 Å². The van der Waals surface area contributed by atoms with Crippen LogP contribution in [0.5, 0.6) is 0 Å². The van der Waals surface area contributed by atoms with Gasteiger partial charge in [-0.25, -0.2) is 4.68 Å². The third-order valence-electron chi connectivity index (χ3n) is 3.69. The lowest BCUT2D eigenvalue weighted by molar-refractivity contribution is -0.113. The molecule has 128 valence electrons. The van der Waals surface area contributed by atoms with Gasteiger partial charge in [0.1, 0.15) is 0 Å². The lowest BCUT2D eigenvalue weighted by Crippen LogP contribution is -2.27. The third kappa shape index (κ3) is 3.29. The number of thiocarbonyl (C=S) groups is 1. The summed E-state index contributed by atoms with van der Waals surface area (Å²) < 4.78 is 2.21.